The van der Waals surface area contributed by atoms with Crippen LogP contribution in [0.2, 0.25) is 0 Å². The molecule has 1 aromatic carbocycles. The van der Waals surface area contributed by atoms with E-state index >= 15 is 0 Å². The van der Waals surface area contributed by atoms with Gasteiger partial charge in [-0.05, 0) is 49.9 Å². The van der Waals surface area contributed by atoms with Crippen molar-refractivity contribution in [2.75, 3.05) is 19.6 Å². The maximum atomic E-state index is 12.6. The van der Waals surface area contributed by atoms with Crippen LogP contribution in [-0.2, 0) is 10.0 Å². The number of rotatable bonds is 5. The first-order valence-corrected chi connectivity index (χ1v) is 10.5. The normalized spacial score (nSPS) is 21.2. The lowest BCUT2D eigenvalue weighted by molar-refractivity contribution is 0.0449. The number of benzene rings is 1. The largest absolute Gasteiger partial charge is 0.388 e. The number of piperidine rings is 1. The molecule has 0 radical (unpaired) electrons. The summed E-state index contributed by atoms with van der Waals surface area (Å²) in [5, 5.41) is 13.0. The minimum Gasteiger partial charge on any atom is -0.388 e. The third-order valence-corrected chi connectivity index (χ3v) is 7.09. The molecule has 1 aliphatic carbocycles. The minimum atomic E-state index is -3.48. The molecule has 0 spiro atoms. The fourth-order valence-electron chi connectivity index (χ4n) is 3.59. The molecular weight excluding hydrogens is 340 g/mol. The van der Waals surface area contributed by atoms with Gasteiger partial charge in [0.2, 0.25) is 10.0 Å². The van der Waals surface area contributed by atoms with Gasteiger partial charge in [-0.2, -0.15) is 4.31 Å². The highest BCUT2D eigenvalue weighted by molar-refractivity contribution is 7.89. The molecule has 1 aliphatic heterocycles. The molecule has 7 heteroatoms. The van der Waals surface area contributed by atoms with Gasteiger partial charge >= 0.3 is 0 Å². The summed E-state index contributed by atoms with van der Waals surface area (Å²) < 4.78 is 26.7. The molecule has 1 saturated carbocycles. The Hall–Kier alpha value is -1.44. The summed E-state index contributed by atoms with van der Waals surface area (Å²) in [6.45, 7) is 1.35. The molecule has 2 aliphatic rings. The van der Waals surface area contributed by atoms with Gasteiger partial charge in [-0.15, -0.1) is 0 Å². The van der Waals surface area contributed by atoms with Crippen molar-refractivity contribution < 1.29 is 18.3 Å². The van der Waals surface area contributed by atoms with E-state index in [0.29, 0.717) is 31.5 Å². The van der Waals surface area contributed by atoms with Crippen LogP contribution in [0.5, 0.6) is 0 Å². The van der Waals surface area contributed by atoms with Crippen molar-refractivity contribution >= 4 is 15.9 Å². The van der Waals surface area contributed by atoms with E-state index in [9.17, 15) is 18.3 Å². The second kappa shape index (κ2) is 7.43. The van der Waals surface area contributed by atoms with E-state index in [0.717, 1.165) is 32.1 Å². The summed E-state index contributed by atoms with van der Waals surface area (Å²) in [6.07, 6.45) is 6.23. The Labute approximate surface area is 149 Å². The van der Waals surface area contributed by atoms with Crippen molar-refractivity contribution in [2.45, 2.75) is 55.4 Å². The van der Waals surface area contributed by atoms with Crippen molar-refractivity contribution in [1.82, 2.24) is 9.62 Å². The van der Waals surface area contributed by atoms with Crippen LogP contribution in [0, 0.1) is 0 Å². The van der Waals surface area contributed by atoms with Gasteiger partial charge in [0.1, 0.15) is 0 Å². The average Bonchev–Trinajstić information content (AvgIpc) is 3.07. The van der Waals surface area contributed by atoms with Gasteiger partial charge in [-0.25, -0.2) is 8.42 Å². The lowest BCUT2D eigenvalue weighted by Gasteiger charge is -2.26. The molecule has 25 heavy (non-hydrogen) atoms. The maximum Gasteiger partial charge on any atom is 0.251 e. The number of nitrogens with zero attached hydrogens (tertiary/aromatic N) is 1. The van der Waals surface area contributed by atoms with Crippen LogP contribution in [0.3, 0.4) is 0 Å². The van der Waals surface area contributed by atoms with E-state index in [2.05, 4.69) is 5.32 Å². The molecule has 138 valence electrons. The molecule has 1 heterocycles. The summed E-state index contributed by atoms with van der Waals surface area (Å²) >= 11 is 0. The summed E-state index contributed by atoms with van der Waals surface area (Å²) in [5.41, 5.74) is -0.396. The topological polar surface area (TPSA) is 86.7 Å². The van der Waals surface area contributed by atoms with Crippen LogP contribution in [0.15, 0.2) is 29.2 Å². The molecule has 0 atom stereocenters. The standard InChI is InChI=1S/C18H26N2O4S/c21-17(19-14-18(22)10-2-3-11-18)15-6-8-16(9-7-15)25(23,24)20-12-4-1-5-13-20/h6-9,22H,1-5,10-14H2,(H,19,21). The number of hydrogen-bond acceptors (Lipinski definition) is 4. The number of aliphatic hydroxyl groups is 1. The zero-order valence-electron chi connectivity index (χ0n) is 14.4. The highest BCUT2D eigenvalue weighted by Gasteiger charge is 2.31. The molecule has 1 amide bonds. The van der Waals surface area contributed by atoms with Crippen LogP contribution in [0.1, 0.15) is 55.3 Å². The fraction of sp³-hybridized carbons (Fsp3) is 0.611. The summed E-state index contributed by atoms with van der Waals surface area (Å²) in [6, 6.07) is 6.04. The molecule has 2 N–H and O–H groups in total. The van der Waals surface area contributed by atoms with Gasteiger partial charge < -0.3 is 10.4 Å². The first-order valence-electron chi connectivity index (χ1n) is 9.02. The Kier molecular flexibility index (Phi) is 5.46. The molecular formula is C18H26N2O4S. The van der Waals surface area contributed by atoms with Gasteiger partial charge in [-0.1, -0.05) is 19.3 Å². The van der Waals surface area contributed by atoms with Gasteiger partial charge in [0.05, 0.1) is 10.5 Å². The number of carbonyl (C=O) groups is 1. The van der Waals surface area contributed by atoms with E-state index in [1.165, 1.54) is 28.6 Å². The summed E-state index contributed by atoms with van der Waals surface area (Å²) in [4.78, 5) is 12.4. The number of hydrogen-bond donors (Lipinski definition) is 2. The van der Waals surface area contributed by atoms with E-state index < -0.39 is 15.6 Å². The lowest BCUT2D eigenvalue weighted by Crippen LogP contribution is -2.40. The Balaban J connectivity index is 1.64. The monoisotopic (exact) mass is 366 g/mol. The second-order valence-electron chi connectivity index (χ2n) is 7.10. The Bertz CT molecular complexity index is 703. The van der Waals surface area contributed by atoms with Crippen molar-refractivity contribution in [3.05, 3.63) is 29.8 Å². The van der Waals surface area contributed by atoms with Gasteiger partial charge in [0.15, 0.2) is 0 Å². The SMILES string of the molecule is O=C(NCC1(O)CCCC1)c1ccc(S(=O)(=O)N2CCCCC2)cc1. The van der Waals surface area contributed by atoms with Crippen LogP contribution in [0.4, 0.5) is 0 Å². The summed E-state index contributed by atoms with van der Waals surface area (Å²) in [5.74, 6) is -0.290. The van der Waals surface area contributed by atoms with Crippen molar-refractivity contribution in [2.24, 2.45) is 0 Å². The molecule has 2 fully saturated rings. The first kappa shape index (κ1) is 18.4. The van der Waals surface area contributed by atoms with Gasteiger partial charge in [0, 0.05) is 25.2 Å². The van der Waals surface area contributed by atoms with Crippen molar-refractivity contribution in [3.63, 3.8) is 0 Å². The number of amides is 1. The predicted octanol–water partition coefficient (Wildman–Crippen LogP) is 1.90. The molecule has 1 aromatic rings. The van der Waals surface area contributed by atoms with E-state index in [1.54, 1.807) is 0 Å². The fourth-order valence-corrected chi connectivity index (χ4v) is 5.11. The Morgan fingerprint density at radius 3 is 2.24 bits per heavy atom. The smallest absolute Gasteiger partial charge is 0.251 e. The number of carbonyl (C=O) groups excluding carboxylic acids is 1. The summed E-state index contributed by atoms with van der Waals surface area (Å²) in [7, 11) is -3.48. The van der Waals surface area contributed by atoms with Crippen molar-refractivity contribution in [3.8, 4) is 0 Å². The molecule has 3 rings (SSSR count). The van der Waals surface area contributed by atoms with Gasteiger partial charge in [0.25, 0.3) is 5.91 Å². The molecule has 0 bridgehead atoms. The maximum absolute atomic E-state index is 12.6. The predicted molar refractivity (Wildman–Crippen MR) is 94.8 cm³/mol. The highest BCUT2D eigenvalue weighted by Crippen LogP contribution is 2.28. The van der Waals surface area contributed by atoms with Crippen LogP contribution in [-0.4, -0.2) is 49.0 Å². The van der Waals surface area contributed by atoms with Crippen LogP contribution >= 0.6 is 0 Å². The quantitative estimate of drug-likeness (QED) is 0.833. The molecule has 6 nitrogen and oxygen atoms in total. The van der Waals surface area contributed by atoms with Crippen LogP contribution in [0.25, 0.3) is 0 Å². The number of sulfonamides is 1. The lowest BCUT2D eigenvalue weighted by atomic mass is 10.0. The van der Waals surface area contributed by atoms with E-state index in [1.807, 2.05) is 0 Å². The Morgan fingerprint density at radius 2 is 1.64 bits per heavy atom. The van der Waals surface area contributed by atoms with E-state index in [4.69, 9.17) is 0 Å². The average molecular weight is 366 g/mol. The van der Waals surface area contributed by atoms with Crippen molar-refractivity contribution in [1.29, 1.82) is 0 Å². The molecule has 0 aromatic heterocycles. The number of nitrogens with one attached hydrogen (secondary N) is 1. The zero-order valence-corrected chi connectivity index (χ0v) is 15.2. The van der Waals surface area contributed by atoms with E-state index in [-0.39, 0.29) is 17.3 Å². The zero-order chi connectivity index (χ0) is 17.9. The third kappa shape index (κ3) is 4.22. The first-order chi connectivity index (χ1) is 11.9. The third-order valence-electron chi connectivity index (χ3n) is 5.18. The highest BCUT2D eigenvalue weighted by atomic mass is 32.2. The molecule has 0 unspecified atom stereocenters. The minimum absolute atomic E-state index is 0.223. The van der Waals surface area contributed by atoms with Crippen LogP contribution < -0.4 is 5.32 Å². The van der Waals surface area contributed by atoms with Gasteiger partial charge in [-0.3, -0.25) is 4.79 Å². The second-order valence-corrected chi connectivity index (χ2v) is 9.04. The Morgan fingerprint density at radius 1 is 1.04 bits per heavy atom. The molecule has 1 saturated heterocycles.